The monoisotopic (exact) mass is 209 g/mol. The molecule has 0 radical (unpaired) electrons. The van der Waals surface area contributed by atoms with Gasteiger partial charge in [-0.25, -0.2) is 0 Å². The fourth-order valence-corrected chi connectivity index (χ4v) is 0.838. The summed E-state index contributed by atoms with van der Waals surface area (Å²) in [6, 6.07) is 0. The minimum atomic E-state index is -0.324. The lowest BCUT2D eigenvalue weighted by atomic mass is 10.2. The highest BCUT2D eigenvalue weighted by atomic mass is 16.7. The van der Waals surface area contributed by atoms with Gasteiger partial charge >= 0.3 is 0 Å². The van der Waals surface area contributed by atoms with Crippen molar-refractivity contribution in [3.8, 4) is 0 Å². The molecule has 0 rings (SSSR count). The smallest absolute Gasteiger partial charge is 0.0757 e. The second kappa shape index (κ2) is 9.32. The highest BCUT2D eigenvalue weighted by Crippen LogP contribution is 1.98. The first kappa shape index (κ1) is 13.8. The molecule has 0 unspecified atom stereocenters. The van der Waals surface area contributed by atoms with Gasteiger partial charge in [0.05, 0.1) is 33.0 Å². The molecule has 0 aliphatic heterocycles. The van der Waals surface area contributed by atoms with Crippen LogP contribution in [-0.2, 0) is 4.84 Å². The van der Waals surface area contributed by atoms with Crippen LogP contribution in [0.15, 0.2) is 0 Å². The van der Waals surface area contributed by atoms with E-state index in [0.717, 1.165) is 0 Å². The van der Waals surface area contributed by atoms with Crippen molar-refractivity contribution in [1.82, 2.24) is 5.06 Å². The minimum Gasteiger partial charge on any atom is -0.396 e. The molecule has 0 aromatic heterocycles. The van der Waals surface area contributed by atoms with Crippen LogP contribution in [0.3, 0.4) is 0 Å². The largest absolute Gasteiger partial charge is 0.396 e. The van der Waals surface area contributed by atoms with Crippen LogP contribution >= 0.6 is 0 Å². The fourth-order valence-electron chi connectivity index (χ4n) is 0.838. The van der Waals surface area contributed by atoms with Crippen molar-refractivity contribution in [1.29, 1.82) is 0 Å². The molecule has 0 saturated heterocycles. The van der Waals surface area contributed by atoms with Gasteiger partial charge in [-0.05, 0) is 0 Å². The third kappa shape index (κ3) is 6.25. The molecule has 0 fully saturated rings. The maximum atomic E-state index is 8.74. The molecule has 0 aliphatic rings. The van der Waals surface area contributed by atoms with E-state index in [1.165, 1.54) is 5.06 Å². The second-order valence-corrected chi connectivity index (χ2v) is 2.90. The first-order valence-corrected chi connectivity index (χ1v) is 4.59. The summed E-state index contributed by atoms with van der Waals surface area (Å²) in [5.74, 6) is -0.324. The Morgan fingerprint density at radius 3 is 1.79 bits per heavy atom. The van der Waals surface area contributed by atoms with E-state index in [1.54, 1.807) is 0 Å². The van der Waals surface area contributed by atoms with Crippen LogP contribution in [0, 0.1) is 5.92 Å². The van der Waals surface area contributed by atoms with Gasteiger partial charge in [0.1, 0.15) is 0 Å². The van der Waals surface area contributed by atoms with E-state index in [1.807, 2.05) is 0 Å². The maximum absolute atomic E-state index is 8.74. The SMILES string of the molecule is OCCN(CCO)OCC(CO)CO. The van der Waals surface area contributed by atoms with Gasteiger partial charge in [-0.15, -0.1) is 0 Å². The third-order valence-electron chi connectivity index (χ3n) is 1.71. The number of nitrogens with zero attached hydrogens (tertiary/aromatic N) is 1. The molecule has 0 spiro atoms. The summed E-state index contributed by atoms with van der Waals surface area (Å²) in [5.41, 5.74) is 0. The average Bonchev–Trinajstić information content (AvgIpc) is 2.20. The zero-order chi connectivity index (χ0) is 10.8. The van der Waals surface area contributed by atoms with Gasteiger partial charge in [0, 0.05) is 19.0 Å². The van der Waals surface area contributed by atoms with Crippen molar-refractivity contribution in [2.24, 2.45) is 5.92 Å². The normalized spacial score (nSPS) is 11.6. The van der Waals surface area contributed by atoms with Crippen molar-refractivity contribution < 1.29 is 25.3 Å². The molecule has 0 aromatic carbocycles. The lowest BCUT2D eigenvalue weighted by molar-refractivity contribution is -0.183. The quantitative estimate of drug-likeness (QED) is 0.322. The van der Waals surface area contributed by atoms with Crippen LogP contribution in [0.25, 0.3) is 0 Å². The molecule has 0 heterocycles. The summed E-state index contributed by atoms with van der Waals surface area (Å²) in [5, 5.41) is 36.2. The number of aliphatic hydroxyl groups excluding tert-OH is 4. The summed E-state index contributed by atoms with van der Waals surface area (Å²) in [6.45, 7) is 0.332. The van der Waals surface area contributed by atoms with E-state index in [0.29, 0.717) is 13.1 Å². The van der Waals surface area contributed by atoms with Crippen LogP contribution < -0.4 is 0 Å². The Hall–Kier alpha value is -0.240. The molecule has 6 nitrogen and oxygen atoms in total. The Labute approximate surface area is 83.3 Å². The summed E-state index contributed by atoms with van der Waals surface area (Å²) in [7, 11) is 0. The van der Waals surface area contributed by atoms with E-state index < -0.39 is 0 Å². The number of rotatable bonds is 9. The predicted molar refractivity (Wildman–Crippen MR) is 49.4 cm³/mol. The van der Waals surface area contributed by atoms with Gasteiger partial charge < -0.3 is 20.4 Å². The maximum Gasteiger partial charge on any atom is 0.0757 e. The Morgan fingerprint density at radius 1 is 0.929 bits per heavy atom. The van der Waals surface area contributed by atoms with Crippen molar-refractivity contribution in [2.75, 3.05) is 46.1 Å². The molecule has 4 N–H and O–H groups in total. The Morgan fingerprint density at radius 2 is 1.43 bits per heavy atom. The minimum absolute atomic E-state index is 0.0666. The Kier molecular flexibility index (Phi) is 9.16. The molecule has 0 aliphatic carbocycles. The number of hydroxylamine groups is 2. The van der Waals surface area contributed by atoms with Crippen LogP contribution in [0.1, 0.15) is 0 Å². The van der Waals surface area contributed by atoms with Gasteiger partial charge in [-0.2, -0.15) is 5.06 Å². The third-order valence-corrected chi connectivity index (χ3v) is 1.71. The fraction of sp³-hybridized carbons (Fsp3) is 1.00. The van der Waals surface area contributed by atoms with Gasteiger partial charge in [0.25, 0.3) is 0 Å². The standard InChI is InChI=1S/C8H19NO5/c10-3-1-9(2-4-11)14-7-8(5-12)6-13/h8,10-13H,1-7H2. The van der Waals surface area contributed by atoms with Crippen molar-refractivity contribution in [3.63, 3.8) is 0 Å². The van der Waals surface area contributed by atoms with E-state index in [9.17, 15) is 0 Å². The molecule has 86 valence electrons. The van der Waals surface area contributed by atoms with Crippen molar-refractivity contribution in [2.45, 2.75) is 0 Å². The second-order valence-electron chi connectivity index (χ2n) is 2.90. The Balaban J connectivity index is 3.67. The molecule has 14 heavy (non-hydrogen) atoms. The highest BCUT2D eigenvalue weighted by molar-refractivity contribution is 4.53. The van der Waals surface area contributed by atoms with Gasteiger partial charge in [0.2, 0.25) is 0 Å². The van der Waals surface area contributed by atoms with E-state index in [2.05, 4.69) is 0 Å². The highest BCUT2D eigenvalue weighted by Gasteiger charge is 2.10. The molecule has 0 aromatic rings. The molecule has 0 amide bonds. The molecule has 0 bridgehead atoms. The lowest BCUT2D eigenvalue weighted by Crippen LogP contribution is -2.33. The van der Waals surface area contributed by atoms with E-state index in [4.69, 9.17) is 25.3 Å². The van der Waals surface area contributed by atoms with Crippen LogP contribution in [-0.4, -0.2) is 71.6 Å². The van der Waals surface area contributed by atoms with Gasteiger partial charge in [0.15, 0.2) is 0 Å². The van der Waals surface area contributed by atoms with Crippen LogP contribution in [0.2, 0.25) is 0 Å². The number of hydrogen-bond donors (Lipinski definition) is 4. The van der Waals surface area contributed by atoms with Gasteiger partial charge in [-0.3, -0.25) is 4.84 Å². The van der Waals surface area contributed by atoms with Gasteiger partial charge in [-0.1, -0.05) is 0 Å². The predicted octanol–water partition coefficient (Wildman–Crippen LogP) is -2.19. The van der Waals surface area contributed by atoms with Crippen LogP contribution in [0.4, 0.5) is 0 Å². The first-order chi connectivity index (χ1) is 6.78. The topological polar surface area (TPSA) is 93.4 Å². The van der Waals surface area contributed by atoms with Crippen LogP contribution in [0.5, 0.6) is 0 Å². The van der Waals surface area contributed by atoms with Crippen molar-refractivity contribution in [3.05, 3.63) is 0 Å². The summed E-state index contributed by atoms with van der Waals surface area (Å²) in [6.07, 6.45) is 0. The molecular weight excluding hydrogens is 190 g/mol. The number of aliphatic hydroxyl groups is 4. The number of hydrogen-bond acceptors (Lipinski definition) is 6. The van der Waals surface area contributed by atoms with E-state index in [-0.39, 0.29) is 39.0 Å². The van der Waals surface area contributed by atoms with E-state index >= 15 is 0 Å². The average molecular weight is 209 g/mol. The summed E-state index contributed by atoms with van der Waals surface area (Å²) >= 11 is 0. The molecular formula is C8H19NO5. The summed E-state index contributed by atoms with van der Waals surface area (Å²) < 4.78 is 0. The molecule has 0 saturated carbocycles. The Bertz CT molecular complexity index is 114. The van der Waals surface area contributed by atoms with Crippen molar-refractivity contribution >= 4 is 0 Å². The zero-order valence-electron chi connectivity index (χ0n) is 8.17. The summed E-state index contributed by atoms with van der Waals surface area (Å²) in [4.78, 5) is 5.16. The molecule has 6 heteroatoms. The zero-order valence-corrected chi connectivity index (χ0v) is 8.17. The first-order valence-electron chi connectivity index (χ1n) is 4.59. The lowest BCUT2D eigenvalue weighted by Gasteiger charge is -2.21. The molecule has 0 atom stereocenters.